The summed E-state index contributed by atoms with van der Waals surface area (Å²) in [4.78, 5) is 23.8. The lowest BCUT2D eigenvalue weighted by atomic mass is 10.1. The van der Waals surface area contributed by atoms with E-state index in [4.69, 9.17) is 5.73 Å². The van der Waals surface area contributed by atoms with Gasteiger partial charge in [-0.05, 0) is 32.9 Å². The van der Waals surface area contributed by atoms with Gasteiger partial charge in [-0.15, -0.1) is 0 Å². The third kappa shape index (κ3) is 3.59. The van der Waals surface area contributed by atoms with Crippen molar-refractivity contribution in [3.63, 3.8) is 0 Å². The van der Waals surface area contributed by atoms with Crippen LogP contribution >= 0.6 is 0 Å². The molecule has 1 aromatic rings. The van der Waals surface area contributed by atoms with Crippen LogP contribution in [0.1, 0.15) is 27.2 Å². The van der Waals surface area contributed by atoms with E-state index in [1.807, 2.05) is 51.1 Å². The maximum atomic E-state index is 12.2. The van der Waals surface area contributed by atoms with Gasteiger partial charge in [0.1, 0.15) is 11.8 Å². The van der Waals surface area contributed by atoms with E-state index < -0.39 is 11.9 Å². The first kappa shape index (κ1) is 15.0. The zero-order chi connectivity index (χ0) is 15.6. The molecular weight excluding hydrogens is 268 g/mol. The van der Waals surface area contributed by atoms with E-state index >= 15 is 0 Å². The molecule has 0 saturated carbocycles. The van der Waals surface area contributed by atoms with E-state index in [1.165, 1.54) is 5.01 Å². The quantitative estimate of drug-likeness (QED) is 0.870. The monoisotopic (exact) mass is 288 g/mol. The van der Waals surface area contributed by atoms with Crippen molar-refractivity contribution in [2.75, 3.05) is 5.01 Å². The Morgan fingerprint density at radius 1 is 1.29 bits per heavy atom. The first-order chi connectivity index (χ1) is 9.78. The van der Waals surface area contributed by atoms with Crippen LogP contribution in [0, 0.1) is 0 Å². The first-order valence-electron chi connectivity index (χ1n) is 6.81. The number of hydrogen-bond acceptors (Lipinski definition) is 4. The van der Waals surface area contributed by atoms with E-state index in [2.05, 4.69) is 10.4 Å². The molecule has 0 aliphatic carbocycles. The molecule has 1 atom stereocenters. The molecule has 1 aliphatic rings. The number of hydrogen-bond donors (Lipinski definition) is 2. The van der Waals surface area contributed by atoms with E-state index in [1.54, 1.807) is 0 Å². The standard InChI is InChI=1S/C15H20N4O2/c1-15(2,3)17-14(21)11-9-12(13(16)20)19(18-11)10-7-5-4-6-8-10/h4-8,12H,9H2,1-3H3,(H2,16,20)(H,17,21). The topological polar surface area (TPSA) is 87.8 Å². The zero-order valence-electron chi connectivity index (χ0n) is 12.5. The van der Waals surface area contributed by atoms with Crippen LogP contribution in [0.2, 0.25) is 0 Å². The molecule has 0 aromatic heterocycles. The number of hydrazone groups is 1. The Bertz CT molecular complexity index is 575. The van der Waals surface area contributed by atoms with Crippen LogP contribution in [0.3, 0.4) is 0 Å². The number of nitrogens with one attached hydrogen (secondary N) is 1. The number of rotatable bonds is 3. The van der Waals surface area contributed by atoms with Crippen molar-refractivity contribution in [1.82, 2.24) is 5.32 Å². The Morgan fingerprint density at radius 2 is 1.90 bits per heavy atom. The van der Waals surface area contributed by atoms with Crippen LogP contribution in [-0.4, -0.2) is 29.1 Å². The summed E-state index contributed by atoms with van der Waals surface area (Å²) in [7, 11) is 0. The van der Waals surface area contributed by atoms with Crippen LogP contribution in [0.25, 0.3) is 0 Å². The Balaban J connectivity index is 2.26. The SMILES string of the molecule is CC(C)(C)NC(=O)C1=NN(c2ccccc2)C(C(N)=O)C1. The molecule has 2 rings (SSSR count). The van der Waals surface area contributed by atoms with E-state index in [0.717, 1.165) is 5.69 Å². The summed E-state index contributed by atoms with van der Waals surface area (Å²) < 4.78 is 0. The van der Waals surface area contributed by atoms with Crippen LogP contribution in [0.15, 0.2) is 35.4 Å². The molecule has 6 nitrogen and oxygen atoms in total. The lowest BCUT2D eigenvalue weighted by molar-refractivity contribution is -0.119. The van der Waals surface area contributed by atoms with Crippen molar-refractivity contribution >= 4 is 23.2 Å². The Hall–Kier alpha value is -2.37. The van der Waals surface area contributed by atoms with Gasteiger partial charge in [0, 0.05) is 12.0 Å². The minimum atomic E-state index is -0.631. The Kier molecular flexibility index (Phi) is 3.97. The number of anilines is 1. The van der Waals surface area contributed by atoms with Gasteiger partial charge in [0.05, 0.1) is 5.69 Å². The Labute approximate surface area is 124 Å². The number of nitrogens with two attached hydrogens (primary N) is 1. The number of carbonyl (C=O) groups excluding carboxylic acids is 2. The third-order valence-electron chi connectivity index (χ3n) is 3.01. The van der Waals surface area contributed by atoms with Crippen LogP contribution in [0.4, 0.5) is 5.69 Å². The summed E-state index contributed by atoms with van der Waals surface area (Å²) in [5, 5.41) is 8.64. The first-order valence-corrected chi connectivity index (χ1v) is 6.81. The molecule has 21 heavy (non-hydrogen) atoms. The molecule has 1 unspecified atom stereocenters. The summed E-state index contributed by atoms with van der Waals surface area (Å²) >= 11 is 0. The molecule has 0 bridgehead atoms. The van der Waals surface area contributed by atoms with Gasteiger partial charge in [-0.3, -0.25) is 14.6 Å². The smallest absolute Gasteiger partial charge is 0.267 e. The van der Waals surface area contributed by atoms with E-state index in [-0.39, 0.29) is 17.9 Å². The molecule has 112 valence electrons. The maximum absolute atomic E-state index is 12.2. The van der Waals surface area contributed by atoms with Gasteiger partial charge in [-0.1, -0.05) is 18.2 Å². The predicted molar refractivity (Wildman–Crippen MR) is 81.9 cm³/mol. The second-order valence-electron chi connectivity index (χ2n) is 6.05. The molecule has 0 fully saturated rings. The molecule has 2 amide bonds. The molecule has 3 N–H and O–H groups in total. The van der Waals surface area contributed by atoms with Gasteiger partial charge in [0.2, 0.25) is 5.91 Å². The molecule has 1 aromatic carbocycles. The van der Waals surface area contributed by atoms with Gasteiger partial charge < -0.3 is 11.1 Å². The van der Waals surface area contributed by atoms with Gasteiger partial charge >= 0.3 is 0 Å². The van der Waals surface area contributed by atoms with Crippen molar-refractivity contribution < 1.29 is 9.59 Å². The lowest BCUT2D eigenvalue weighted by Crippen LogP contribution is -2.44. The van der Waals surface area contributed by atoms with Crippen molar-refractivity contribution in [3.05, 3.63) is 30.3 Å². The van der Waals surface area contributed by atoms with Crippen LogP contribution < -0.4 is 16.1 Å². The summed E-state index contributed by atoms with van der Waals surface area (Å²) in [6, 6.07) is 8.57. The molecule has 0 radical (unpaired) electrons. The number of amides is 2. The zero-order valence-corrected chi connectivity index (χ0v) is 12.5. The van der Waals surface area contributed by atoms with Gasteiger partial charge in [0.25, 0.3) is 5.91 Å². The highest BCUT2D eigenvalue weighted by Crippen LogP contribution is 2.24. The third-order valence-corrected chi connectivity index (χ3v) is 3.01. The van der Waals surface area contributed by atoms with Crippen molar-refractivity contribution in [3.8, 4) is 0 Å². The molecule has 0 spiro atoms. The fourth-order valence-electron chi connectivity index (χ4n) is 2.10. The number of nitrogens with zero attached hydrogens (tertiary/aromatic N) is 2. The van der Waals surface area contributed by atoms with Gasteiger partial charge in [-0.2, -0.15) is 5.10 Å². The number of para-hydroxylation sites is 1. The predicted octanol–water partition coefficient (Wildman–Crippen LogP) is 1.02. The largest absolute Gasteiger partial charge is 0.368 e. The molecule has 6 heteroatoms. The highest BCUT2D eigenvalue weighted by molar-refractivity contribution is 6.40. The van der Waals surface area contributed by atoms with Crippen LogP contribution in [0.5, 0.6) is 0 Å². The highest BCUT2D eigenvalue weighted by atomic mass is 16.2. The average molecular weight is 288 g/mol. The maximum Gasteiger partial charge on any atom is 0.267 e. The molecule has 0 saturated heterocycles. The minimum Gasteiger partial charge on any atom is -0.368 e. The fourth-order valence-corrected chi connectivity index (χ4v) is 2.10. The molecule has 1 aliphatic heterocycles. The van der Waals surface area contributed by atoms with Crippen molar-refractivity contribution in [2.45, 2.75) is 38.8 Å². The summed E-state index contributed by atoms with van der Waals surface area (Å²) in [6.07, 6.45) is 0.214. The highest BCUT2D eigenvalue weighted by Gasteiger charge is 2.35. The average Bonchev–Trinajstić information content (AvgIpc) is 2.83. The second-order valence-corrected chi connectivity index (χ2v) is 6.05. The van der Waals surface area contributed by atoms with Crippen molar-refractivity contribution in [2.24, 2.45) is 10.8 Å². The minimum absolute atomic E-state index is 0.214. The number of primary amides is 1. The molecule has 1 heterocycles. The van der Waals surface area contributed by atoms with E-state index in [9.17, 15) is 9.59 Å². The lowest BCUT2D eigenvalue weighted by Gasteiger charge is -2.20. The Morgan fingerprint density at radius 3 is 2.43 bits per heavy atom. The normalized spacial score (nSPS) is 18.3. The van der Waals surface area contributed by atoms with Crippen molar-refractivity contribution in [1.29, 1.82) is 0 Å². The second kappa shape index (κ2) is 5.55. The van der Waals surface area contributed by atoms with Gasteiger partial charge in [0.15, 0.2) is 0 Å². The summed E-state index contributed by atoms with van der Waals surface area (Å²) in [5.74, 6) is -0.770. The summed E-state index contributed by atoms with van der Waals surface area (Å²) in [5.41, 5.74) is 6.12. The summed E-state index contributed by atoms with van der Waals surface area (Å²) in [6.45, 7) is 5.67. The van der Waals surface area contributed by atoms with Gasteiger partial charge in [-0.25, -0.2) is 0 Å². The van der Waals surface area contributed by atoms with E-state index in [0.29, 0.717) is 5.71 Å². The number of carbonyl (C=O) groups is 2. The van der Waals surface area contributed by atoms with Crippen LogP contribution in [-0.2, 0) is 9.59 Å². The number of benzene rings is 1. The fraction of sp³-hybridized carbons (Fsp3) is 0.400. The molecular formula is C15H20N4O2.